The summed E-state index contributed by atoms with van der Waals surface area (Å²) in [6.07, 6.45) is 2.71. The molecule has 0 saturated carbocycles. The zero-order chi connectivity index (χ0) is 25.6. The van der Waals surface area contributed by atoms with E-state index >= 15 is 0 Å². The topological polar surface area (TPSA) is 101 Å². The molecular weight excluding hydrogens is 456 g/mol. The fourth-order valence-electron chi connectivity index (χ4n) is 3.42. The number of ether oxygens (including phenoxy) is 2. The number of nitrogens with one attached hydrogen (secondary N) is 3. The second-order valence-corrected chi connectivity index (χ2v) is 8.05. The van der Waals surface area contributed by atoms with Crippen molar-refractivity contribution in [1.82, 2.24) is 16.1 Å². The summed E-state index contributed by atoms with van der Waals surface area (Å²) in [5, 5.41) is 10.2. The highest BCUT2D eigenvalue weighted by molar-refractivity contribution is 5.94. The first-order chi connectivity index (χ1) is 17.6. The number of carbonyl (C=O) groups is 2. The summed E-state index contributed by atoms with van der Waals surface area (Å²) in [7, 11) is 3.24. The van der Waals surface area contributed by atoms with Gasteiger partial charge in [-0.3, -0.25) is 9.59 Å². The molecule has 0 saturated heterocycles. The Morgan fingerprint density at radius 3 is 2.33 bits per heavy atom. The summed E-state index contributed by atoms with van der Waals surface area (Å²) in [6, 6.07) is 22.5. The van der Waals surface area contributed by atoms with Gasteiger partial charge < -0.3 is 20.1 Å². The van der Waals surface area contributed by atoms with E-state index in [1.807, 2.05) is 60.7 Å². The Bertz CT molecular complexity index is 1160. The highest BCUT2D eigenvalue weighted by atomic mass is 16.5. The number of rotatable bonds is 13. The molecule has 3 aromatic carbocycles. The normalized spacial score (nSPS) is 10.7. The Balaban J connectivity index is 1.32. The van der Waals surface area contributed by atoms with E-state index in [0.29, 0.717) is 31.6 Å². The van der Waals surface area contributed by atoms with Crippen LogP contribution >= 0.6 is 0 Å². The monoisotopic (exact) mass is 488 g/mol. The van der Waals surface area contributed by atoms with Crippen molar-refractivity contribution < 1.29 is 19.1 Å². The van der Waals surface area contributed by atoms with Crippen LogP contribution in [-0.4, -0.2) is 45.3 Å². The van der Waals surface area contributed by atoms with Gasteiger partial charge in [-0.1, -0.05) is 36.4 Å². The molecule has 8 nitrogen and oxygen atoms in total. The maximum atomic E-state index is 12.3. The van der Waals surface area contributed by atoms with Gasteiger partial charge in [0.05, 0.1) is 20.4 Å². The highest BCUT2D eigenvalue weighted by Crippen LogP contribution is 2.13. The van der Waals surface area contributed by atoms with E-state index in [4.69, 9.17) is 9.47 Å². The fraction of sp³-hybridized carbons (Fsp3) is 0.250. The van der Waals surface area contributed by atoms with E-state index < -0.39 is 0 Å². The molecule has 36 heavy (non-hydrogen) atoms. The number of benzene rings is 3. The number of hydrogen-bond donors (Lipinski definition) is 3. The maximum absolute atomic E-state index is 12.3. The predicted molar refractivity (Wildman–Crippen MR) is 141 cm³/mol. The molecule has 2 amide bonds. The Morgan fingerprint density at radius 1 is 0.861 bits per heavy atom. The van der Waals surface area contributed by atoms with Crippen molar-refractivity contribution in [1.29, 1.82) is 0 Å². The van der Waals surface area contributed by atoms with Crippen LogP contribution in [0.5, 0.6) is 11.5 Å². The number of methoxy groups -OCH3 is 2. The van der Waals surface area contributed by atoms with Crippen LogP contribution in [0.4, 0.5) is 0 Å². The molecule has 0 bridgehead atoms. The molecule has 0 fully saturated rings. The average molecular weight is 489 g/mol. The van der Waals surface area contributed by atoms with E-state index in [1.54, 1.807) is 32.6 Å². The first-order valence-electron chi connectivity index (χ1n) is 11.7. The Kier molecular flexibility index (Phi) is 10.5. The van der Waals surface area contributed by atoms with Crippen LogP contribution in [0, 0.1) is 0 Å². The van der Waals surface area contributed by atoms with Gasteiger partial charge in [-0.2, -0.15) is 5.10 Å². The first-order valence-corrected chi connectivity index (χ1v) is 11.7. The number of nitrogens with zero attached hydrogens (tertiary/aromatic N) is 1. The largest absolute Gasteiger partial charge is 0.497 e. The van der Waals surface area contributed by atoms with Gasteiger partial charge in [0.2, 0.25) is 5.91 Å². The summed E-state index contributed by atoms with van der Waals surface area (Å²) < 4.78 is 10.4. The van der Waals surface area contributed by atoms with Crippen molar-refractivity contribution in [2.24, 2.45) is 5.10 Å². The number of hydrazone groups is 1. The summed E-state index contributed by atoms with van der Waals surface area (Å²) in [5.41, 5.74) is 5.99. The van der Waals surface area contributed by atoms with Crippen LogP contribution in [0.15, 0.2) is 77.9 Å². The lowest BCUT2D eigenvalue weighted by Crippen LogP contribution is -2.29. The third kappa shape index (κ3) is 8.88. The summed E-state index contributed by atoms with van der Waals surface area (Å²) >= 11 is 0. The molecule has 188 valence electrons. The average Bonchev–Trinajstić information content (AvgIpc) is 2.91. The minimum atomic E-state index is -0.292. The van der Waals surface area contributed by atoms with Gasteiger partial charge in [0.1, 0.15) is 11.5 Å². The molecule has 0 radical (unpaired) electrons. The van der Waals surface area contributed by atoms with Crippen molar-refractivity contribution in [3.63, 3.8) is 0 Å². The van der Waals surface area contributed by atoms with Crippen molar-refractivity contribution in [2.75, 3.05) is 27.3 Å². The summed E-state index contributed by atoms with van der Waals surface area (Å²) in [6.45, 7) is 1.75. The molecule has 3 N–H and O–H groups in total. The standard InChI is InChI=1S/C28H32N4O4/c1-35-25-7-3-5-21(17-25)13-16-30-27(33)14-15-29-19-22-9-11-24(12-10-22)28(34)32-31-20-23-6-4-8-26(18-23)36-2/h3-12,17-18,20,29H,13-16,19H2,1-2H3,(H,30,33)(H,32,34). The lowest BCUT2D eigenvalue weighted by molar-refractivity contribution is -0.120. The molecule has 0 unspecified atom stereocenters. The van der Waals surface area contributed by atoms with E-state index in [1.165, 1.54) is 0 Å². The number of amides is 2. The Hall–Kier alpha value is -4.17. The van der Waals surface area contributed by atoms with Crippen LogP contribution in [0.1, 0.15) is 33.5 Å². The molecule has 0 aromatic heterocycles. The number of carbonyl (C=O) groups excluding carboxylic acids is 2. The van der Waals surface area contributed by atoms with Crippen LogP contribution in [0.2, 0.25) is 0 Å². The number of hydrogen-bond acceptors (Lipinski definition) is 6. The summed E-state index contributed by atoms with van der Waals surface area (Å²) in [4.78, 5) is 24.4. The second kappa shape index (κ2) is 14.3. The molecule has 0 aliphatic carbocycles. The van der Waals surface area contributed by atoms with Gasteiger partial charge in [0, 0.05) is 31.6 Å². The van der Waals surface area contributed by atoms with Gasteiger partial charge in [0.15, 0.2) is 0 Å². The Labute approximate surface area is 211 Å². The zero-order valence-corrected chi connectivity index (χ0v) is 20.6. The first kappa shape index (κ1) is 26.4. The van der Waals surface area contributed by atoms with Gasteiger partial charge >= 0.3 is 0 Å². The third-order valence-corrected chi connectivity index (χ3v) is 5.42. The van der Waals surface area contributed by atoms with E-state index in [-0.39, 0.29) is 11.8 Å². The molecule has 3 aromatic rings. The smallest absolute Gasteiger partial charge is 0.271 e. The van der Waals surface area contributed by atoms with E-state index in [2.05, 4.69) is 21.2 Å². The summed E-state index contributed by atoms with van der Waals surface area (Å²) in [5.74, 6) is 1.25. The van der Waals surface area contributed by atoms with E-state index in [9.17, 15) is 9.59 Å². The Morgan fingerprint density at radius 2 is 1.58 bits per heavy atom. The molecule has 0 aliphatic rings. The molecule has 8 heteroatoms. The fourth-order valence-corrected chi connectivity index (χ4v) is 3.42. The predicted octanol–water partition coefficient (Wildman–Crippen LogP) is 3.31. The van der Waals surface area contributed by atoms with Crippen molar-refractivity contribution in [3.8, 4) is 11.5 Å². The van der Waals surface area contributed by atoms with Gasteiger partial charge in [0.25, 0.3) is 5.91 Å². The second-order valence-electron chi connectivity index (χ2n) is 8.05. The van der Waals surface area contributed by atoms with Crippen LogP contribution < -0.4 is 25.5 Å². The van der Waals surface area contributed by atoms with Gasteiger partial charge in [-0.05, 0) is 59.5 Å². The SMILES string of the molecule is COc1cccc(C=NNC(=O)c2ccc(CNCCC(=O)NCCc3cccc(OC)c3)cc2)c1. The zero-order valence-electron chi connectivity index (χ0n) is 20.6. The highest BCUT2D eigenvalue weighted by Gasteiger charge is 2.05. The minimum absolute atomic E-state index is 0.00640. The quantitative estimate of drug-likeness (QED) is 0.195. The lowest BCUT2D eigenvalue weighted by Gasteiger charge is -2.08. The van der Waals surface area contributed by atoms with Crippen molar-refractivity contribution in [2.45, 2.75) is 19.4 Å². The van der Waals surface area contributed by atoms with E-state index in [0.717, 1.165) is 34.6 Å². The third-order valence-electron chi connectivity index (χ3n) is 5.42. The minimum Gasteiger partial charge on any atom is -0.497 e. The van der Waals surface area contributed by atoms with Crippen LogP contribution in [0.3, 0.4) is 0 Å². The molecule has 0 aliphatic heterocycles. The molecule has 0 heterocycles. The van der Waals surface area contributed by atoms with Gasteiger partial charge in [-0.25, -0.2) is 5.43 Å². The van der Waals surface area contributed by atoms with Gasteiger partial charge in [-0.15, -0.1) is 0 Å². The van der Waals surface area contributed by atoms with Crippen LogP contribution in [-0.2, 0) is 17.8 Å². The lowest BCUT2D eigenvalue weighted by atomic mass is 10.1. The molecule has 3 rings (SSSR count). The molecular formula is C28H32N4O4. The van der Waals surface area contributed by atoms with Crippen molar-refractivity contribution >= 4 is 18.0 Å². The van der Waals surface area contributed by atoms with Crippen LogP contribution in [0.25, 0.3) is 0 Å². The molecule has 0 spiro atoms. The van der Waals surface area contributed by atoms with Crippen molar-refractivity contribution in [3.05, 3.63) is 95.1 Å². The molecule has 0 atom stereocenters. The maximum Gasteiger partial charge on any atom is 0.271 e.